The predicted molar refractivity (Wildman–Crippen MR) is 86.3 cm³/mol. The van der Waals surface area contributed by atoms with Crippen LogP contribution in [0.4, 0.5) is 0 Å². The number of carboxylic acids is 1. The Balaban J connectivity index is 1.97. The molecule has 126 valence electrons. The van der Waals surface area contributed by atoms with Crippen LogP contribution in [0.2, 0.25) is 0 Å². The Bertz CT molecular complexity index is 509. The maximum Gasteiger partial charge on any atom is 0.311 e. The van der Waals surface area contributed by atoms with Gasteiger partial charge in [-0.25, -0.2) is 5.06 Å². The molecule has 1 amide bonds. The van der Waals surface area contributed by atoms with E-state index in [-0.39, 0.29) is 13.2 Å². The van der Waals surface area contributed by atoms with Crippen molar-refractivity contribution in [2.24, 2.45) is 11.3 Å². The average molecular weight is 319 g/mol. The van der Waals surface area contributed by atoms with Crippen LogP contribution in [-0.2, 0) is 21.0 Å². The molecule has 0 saturated heterocycles. The largest absolute Gasteiger partial charge is 0.481 e. The molecule has 1 N–H and O–H groups in total. The van der Waals surface area contributed by atoms with Crippen molar-refractivity contribution in [2.45, 2.75) is 45.6 Å². The summed E-state index contributed by atoms with van der Waals surface area (Å²) >= 11 is 0. The van der Waals surface area contributed by atoms with Crippen LogP contribution in [0.5, 0.6) is 0 Å². The van der Waals surface area contributed by atoms with Crippen molar-refractivity contribution in [3.05, 3.63) is 35.9 Å². The summed E-state index contributed by atoms with van der Waals surface area (Å²) in [7, 11) is 0. The first-order chi connectivity index (χ1) is 11.1. The van der Waals surface area contributed by atoms with Crippen LogP contribution in [0.3, 0.4) is 0 Å². The predicted octanol–water partition coefficient (Wildman–Crippen LogP) is 3.25. The van der Waals surface area contributed by atoms with E-state index in [2.05, 4.69) is 6.92 Å². The molecule has 5 heteroatoms. The first-order valence-electron chi connectivity index (χ1n) is 8.22. The molecule has 1 aromatic carbocycles. The van der Waals surface area contributed by atoms with E-state index in [1.807, 2.05) is 30.3 Å². The van der Waals surface area contributed by atoms with Gasteiger partial charge in [-0.1, -0.05) is 43.7 Å². The smallest absolute Gasteiger partial charge is 0.311 e. The zero-order valence-electron chi connectivity index (χ0n) is 13.6. The van der Waals surface area contributed by atoms with Gasteiger partial charge in [-0.15, -0.1) is 0 Å². The number of aliphatic carboxylic acids is 1. The molecule has 0 aromatic heterocycles. The number of amides is 1. The standard InChI is InChI=1S/C18H25NO4/c1-2-15-8-10-18(11-9-15,17(21)22)13-19(14-20)23-12-16-6-4-3-5-7-16/h3-7,14-15H,2,8-13H2,1H3,(H,21,22). The van der Waals surface area contributed by atoms with Gasteiger partial charge in [-0.2, -0.15) is 0 Å². The third kappa shape index (κ3) is 4.55. The zero-order valence-corrected chi connectivity index (χ0v) is 13.6. The van der Waals surface area contributed by atoms with Crippen LogP contribution in [0.1, 0.15) is 44.6 Å². The minimum Gasteiger partial charge on any atom is -0.481 e. The molecule has 0 radical (unpaired) electrons. The molecule has 0 aliphatic heterocycles. The Morgan fingerprint density at radius 2 is 2.00 bits per heavy atom. The fraction of sp³-hybridized carbons (Fsp3) is 0.556. The molecule has 0 unspecified atom stereocenters. The van der Waals surface area contributed by atoms with E-state index in [1.54, 1.807) is 0 Å². The number of carbonyl (C=O) groups excluding carboxylic acids is 1. The highest BCUT2D eigenvalue weighted by Gasteiger charge is 2.43. The van der Waals surface area contributed by atoms with Gasteiger partial charge in [0.2, 0.25) is 6.41 Å². The zero-order chi connectivity index (χ0) is 16.7. The molecular weight excluding hydrogens is 294 g/mol. The molecule has 23 heavy (non-hydrogen) atoms. The van der Waals surface area contributed by atoms with Crippen molar-refractivity contribution in [3.8, 4) is 0 Å². The van der Waals surface area contributed by atoms with Crippen LogP contribution in [-0.4, -0.2) is 29.1 Å². The van der Waals surface area contributed by atoms with E-state index in [1.165, 1.54) is 0 Å². The molecule has 1 aliphatic carbocycles. The summed E-state index contributed by atoms with van der Waals surface area (Å²) in [4.78, 5) is 28.6. The summed E-state index contributed by atoms with van der Waals surface area (Å²) in [6.45, 7) is 2.50. The lowest BCUT2D eigenvalue weighted by Gasteiger charge is -2.38. The van der Waals surface area contributed by atoms with Gasteiger partial charge in [-0.3, -0.25) is 14.4 Å². The SMILES string of the molecule is CCC1CCC(CN(C=O)OCc2ccccc2)(C(=O)O)CC1. The first-order valence-corrected chi connectivity index (χ1v) is 8.22. The molecule has 2 rings (SSSR count). The number of hydrogen-bond acceptors (Lipinski definition) is 3. The molecule has 0 bridgehead atoms. The second-order valence-corrected chi connectivity index (χ2v) is 6.38. The molecule has 1 saturated carbocycles. The van der Waals surface area contributed by atoms with Gasteiger partial charge in [-0.05, 0) is 37.2 Å². The maximum absolute atomic E-state index is 11.8. The fourth-order valence-corrected chi connectivity index (χ4v) is 3.22. The number of hydrogen-bond donors (Lipinski definition) is 1. The van der Waals surface area contributed by atoms with Gasteiger partial charge >= 0.3 is 5.97 Å². The summed E-state index contributed by atoms with van der Waals surface area (Å²) in [5.74, 6) is -0.236. The molecule has 1 aromatic rings. The van der Waals surface area contributed by atoms with Gasteiger partial charge < -0.3 is 5.11 Å². The number of carboxylic acid groups (broad SMARTS) is 1. The number of nitrogens with zero attached hydrogens (tertiary/aromatic N) is 1. The van der Waals surface area contributed by atoms with Crippen molar-refractivity contribution in [2.75, 3.05) is 6.54 Å². The maximum atomic E-state index is 11.8. The third-order valence-corrected chi connectivity index (χ3v) is 4.91. The fourth-order valence-electron chi connectivity index (χ4n) is 3.22. The summed E-state index contributed by atoms with van der Waals surface area (Å²) in [5, 5.41) is 10.8. The monoisotopic (exact) mass is 319 g/mol. The normalized spacial score (nSPS) is 24.1. The van der Waals surface area contributed by atoms with Gasteiger partial charge in [0.05, 0.1) is 12.0 Å². The Kier molecular flexibility index (Phi) is 6.16. The number of benzene rings is 1. The minimum absolute atomic E-state index is 0.106. The summed E-state index contributed by atoms with van der Waals surface area (Å²) in [6.07, 6.45) is 4.65. The van der Waals surface area contributed by atoms with Gasteiger partial charge in [0.25, 0.3) is 0 Å². The lowest BCUT2D eigenvalue weighted by molar-refractivity contribution is -0.194. The van der Waals surface area contributed by atoms with Crippen molar-refractivity contribution in [3.63, 3.8) is 0 Å². The van der Waals surface area contributed by atoms with Crippen molar-refractivity contribution in [1.29, 1.82) is 0 Å². The highest BCUT2D eigenvalue weighted by Crippen LogP contribution is 2.41. The molecule has 1 fully saturated rings. The van der Waals surface area contributed by atoms with Crippen LogP contribution >= 0.6 is 0 Å². The molecule has 5 nitrogen and oxygen atoms in total. The van der Waals surface area contributed by atoms with E-state index in [0.717, 1.165) is 29.9 Å². The molecule has 0 spiro atoms. The molecular formula is C18H25NO4. The first kappa shape index (κ1) is 17.5. The lowest BCUT2D eigenvalue weighted by atomic mass is 9.69. The topological polar surface area (TPSA) is 66.8 Å². The Morgan fingerprint density at radius 1 is 1.35 bits per heavy atom. The second-order valence-electron chi connectivity index (χ2n) is 6.38. The van der Waals surface area contributed by atoms with Crippen LogP contribution in [0.25, 0.3) is 0 Å². The molecule has 0 heterocycles. The van der Waals surface area contributed by atoms with Crippen LogP contribution in [0, 0.1) is 11.3 Å². The van der Waals surface area contributed by atoms with Gasteiger partial charge in [0.15, 0.2) is 0 Å². The van der Waals surface area contributed by atoms with Crippen LogP contribution in [0.15, 0.2) is 30.3 Å². The second kappa shape index (κ2) is 8.11. The Labute approximate surface area is 137 Å². The summed E-state index contributed by atoms with van der Waals surface area (Å²) in [6, 6.07) is 9.51. The number of rotatable bonds is 8. The third-order valence-electron chi connectivity index (χ3n) is 4.91. The van der Waals surface area contributed by atoms with Crippen LogP contribution < -0.4 is 0 Å². The van der Waals surface area contributed by atoms with Gasteiger partial charge in [0.1, 0.15) is 6.61 Å². The summed E-state index contributed by atoms with van der Waals surface area (Å²) < 4.78 is 0. The van der Waals surface area contributed by atoms with E-state index in [0.29, 0.717) is 25.2 Å². The molecule has 0 atom stereocenters. The highest BCUT2D eigenvalue weighted by molar-refractivity contribution is 5.75. The van der Waals surface area contributed by atoms with E-state index in [9.17, 15) is 14.7 Å². The Morgan fingerprint density at radius 3 is 2.52 bits per heavy atom. The molecule has 1 aliphatic rings. The quantitative estimate of drug-likeness (QED) is 0.590. The number of carbonyl (C=O) groups is 2. The van der Waals surface area contributed by atoms with Crippen molar-refractivity contribution >= 4 is 12.4 Å². The van der Waals surface area contributed by atoms with Crippen molar-refractivity contribution in [1.82, 2.24) is 5.06 Å². The Hall–Kier alpha value is -1.88. The summed E-state index contributed by atoms with van der Waals surface area (Å²) in [5.41, 5.74) is 0.0573. The van der Waals surface area contributed by atoms with E-state index in [4.69, 9.17) is 4.84 Å². The van der Waals surface area contributed by atoms with E-state index < -0.39 is 11.4 Å². The minimum atomic E-state index is -0.886. The highest BCUT2D eigenvalue weighted by atomic mass is 16.7. The lowest BCUT2D eigenvalue weighted by Crippen LogP contribution is -2.45. The van der Waals surface area contributed by atoms with Gasteiger partial charge in [0, 0.05) is 0 Å². The number of hydroxylamine groups is 2. The van der Waals surface area contributed by atoms with Crippen molar-refractivity contribution < 1.29 is 19.5 Å². The van der Waals surface area contributed by atoms with E-state index >= 15 is 0 Å². The average Bonchev–Trinajstić information content (AvgIpc) is 2.60.